The maximum Gasteiger partial charge on any atom is 0.258 e. The molecule has 1 aliphatic rings. The van der Waals surface area contributed by atoms with Crippen molar-refractivity contribution >= 4 is 21.4 Å². The summed E-state index contributed by atoms with van der Waals surface area (Å²) in [7, 11) is -3.19. The number of piperidine rings is 1. The molecule has 30 heavy (non-hydrogen) atoms. The molecule has 0 radical (unpaired) electrons. The van der Waals surface area contributed by atoms with Crippen LogP contribution in [0.2, 0.25) is 0 Å². The molecule has 1 N–H and O–H groups in total. The van der Waals surface area contributed by atoms with E-state index in [1.54, 1.807) is 43.3 Å². The van der Waals surface area contributed by atoms with Crippen LogP contribution in [-0.4, -0.2) is 45.8 Å². The SMILES string of the molecule is CCS(=O)(=O)c1ccc(N2CCC(NC(=O)COc3ccccc3C#N)CC2)cc1. The molecule has 158 valence electrons. The van der Waals surface area contributed by atoms with Crippen LogP contribution in [0, 0.1) is 11.3 Å². The number of sulfone groups is 1. The zero-order valence-electron chi connectivity index (χ0n) is 16.9. The summed E-state index contributed by atoms with van der Waals surface area (Å²) in [6, 6.07) is 15.9. The number of para-hydroxylation sites is 1. The van der Waals surface area contributed by atoms with E-state index in [-0.39, 0.29) is 24.3 Å². The third kappa shape index (κ3) is 5.30. The van der Waals surface area contributed by atoms with Gasteiger partial charge in [-0.3, -0.25) is 4.79 Å². The first-order chi connectivity index (χ1) is 14.4. The van der Waals surface area contributed by atoms with Crippen molar-refractivity contribution in [2.45, 2.75) is 30.7 Å². The summed E-state index contributed by atoms with van der Waals surface area (Å²) in [6.07, 6.45) is 1.57. The summed E-state index contributed by atoms with van der Waals surface area (Å²) in [5, 5.41) is 12.0. The van der Waals surface area contributed by atoms with E-state index < -0.39 is 9.84 Å². The molecule has 1 saturated heterocycles. The van der Waals surface area contributed by atoms with Crippen LogP contribution in [0.25, 0.3) is 0 Å². The van der Waals surface area contributed by atoms with Crippen LogP contribution in [0.1, 0.15) is 25.3 Å². The van der Waals surface area contributed by atoms with Crippen LogP contribution in [0.3, 0.4) is 0 Å². The second-order valence-electron chi connectivity index (χ2n) is 7.12. The van der Waals surface area contributed by atoms with Crippen molar-refractivity contribution in [1.82, 2.24) is 5.32 Å². The van der Waals surface area contributed by atoms with Gasteiger partial charge in [0.25, 0.3) is 5.91 Å². The van der Waals surface area contributed by atoms with E-state index in [4.69, 9.17) is 10.00 Å². The number of nitrogens with one attached hydrogen (secondary N) is 1. The minimum Gasteiger partial charge on any atom is -0.482 e. The first kappa shape index (κ1) is 21.7. The monoisotopic (exact) mass is 427 g/mol. The Hall–Kier alpha value is -3.05. The second kappa shape index (κ2) is 9.63. The van der Waals surface area contributed by atoms with Crippen LogP contribution < -0.4 is 15.0 Å². The number of ether oxygens (including phenoxy) is 1. The molecule has 1 heterocycles. The van der Waals surface area contributed by atoms with E-state index >= 15 is 0 Å². The molecular formula is C22H25N3O4S. The number of nitrogens with zero attached hydrogens (tertiary/aromatic N) is 2. The molecule has 1 amide bonds. The molecule has 8 heteroatoms. The Labute approximate surface area is 177 Å². The molecule has 0 unspecified atom stereocenters. The van der Waals surface area contributed by atoms with Crippen LogP contribution in [0.4, 0.5) is 5.69 Å². The molecule has 0 saturated carbocycles. The van der Waals surface area contributed by atoms with Crippen molar-refractivity contribution < 1.29 is 17.9 Å². The first-order valence-corrected chi connectivity index (χ1v) is 11.6. The lowest BCUT2D eigenvalue weighted by atomic mass is 10.0. The zero-order chi connectivity index (χ0) is 21.6. The maximum absolute atomic E-state index is 12.2. The van der Waals surface area contributed by atoms with E-state index in [1.807, 2.05) is 18.2 Å². The van der Waals surface area contributed by atoms with Gasteiger partial charge in [0.1, 0.15) is 11.8 Å². The van der Waals surface area contributed by atoms with E-state index in [1.165, 1.54) is 0 Å². The molecular weight excluding hydrogens is 402 g/mol. The van der Waals surface area contributed by atoms with Gasteiger partial charge in [-0.15, -0.1) is 0 Å². The number of carbonyl (C=O) groups is 1. The predicted molar refractivity (Wildman–Crippen MR) is 114 cm³/mol. The zero-order valence-corrected chi connectivity index (χ0v) is 17.7. The number of rotatable bonds is 7. The average Bonchev–Trinajstić information content (AvgIpc) is 2.78. The van der Waals surface area contributed by atoms with Gasteiger partial charge in [0, 0.05) is 24.8 Å². The van der Waals surface area contributed by atoms with Gasteiger partial charge in [0.2, 0.25) is 0 Å². The van der Waals surface area contributed by atoms with Crippen molar-refractivity contribution in [2.24, 2.45) is 0 Å². The number of amides is 1. The summed E-state index contributed by atoms with van der Waals surface area (Å²) in [5.74, 6) is 0.275. The number of hydrogen-bond acceptors (Lipinski definition) is 6. The predicted octanol–water partition coefficient (Wildman–Crippen LogP) is 2.52. The van der Waals surface area contributed by atoms with Crippen LogP contribution >= 0.6 is 0 Å². The fourth-order valence-corrected chi connectivity index (χ4v) is 4.29. The fourth-order valence-electron chi connectivity index (χ4n) is 3.41. The summed E-state index contributed by atoms with van der Waals surface area (Å²) in [5.41, 5.74) is 1.38. The lowest BCUT2D eigenvalue weighted by Gasteiger charge is -2.34. The summed E-state index contributed by atoms with van der Waals surface area (Å²) in [6.45, 7) is 3.04. The number of anilines is 1. The molecule has 7 nitrogen and oxygen atoms in total. The van der Waals surface area contributed by atoms with E-state index in [0.717, 1.165) is 31.6 Å². The Morgan fingerprint density at radius 2 is 1.83 bits per heavy atom. The molecule has 0 aromatic heterocycles. The normalized spacial score (nSPS) is 14.7. The smallest absolute Gasteiger partial charge is 0.258 e. The topological polar surface area (TPSA) is 99.5 Å². The van der Waals surface area contributed by atoms with Gasteiger partial charge in [-0.1, -0.05) is 19.1 Å². The highest BCUT2D eigenvalue weighted by atomic mass is 32.2. The highest BCUT2D eigenvalue weighted by Gasteiger charge is 2.22. The maximum atomic E-state index is 12.2. The molecule has 0 spiro atoms. The summed E-state index contributed by atoms with van der Waals surface area (Å²) in [4.78, 5) is 14.7. The molecule has 1 fully saturated rings. The number of nitriles is 1. The van der Waals surface area contributed by atoms with Crippen molar-refractivity contribution in [1.29, 1.82) is 5.26 Å². The fraction of sp³-hybridized carbons (Fsp3) is 0.364. The highest BCUT2D eigenvalue weighted by Crippen LogP contribution is 2.22. The van der Waals surface area contributed by atoms with Gasteiger partial charge in [-0.2, -0.15) is 5.26 Å². The number of carbonyl (C=O) groups excluding carboxylic acids is 1. The van der Waals surface area contributed by atoms with Crippen molar-refractivity contribution in [3.05, 3.63) is 54.1 Å². The standard InChI is InChI=1S/C22H25N3O4S/c1-2-30(27,28)20-9-7-19(8-10-20)25-13-11-18(12-14-25)24-22(26)16-29-21-6-4-3-5-17(21)15-23/h3-10,18H,2,11-14,16H2,1H3,(H,24,26). The molecule has 0 atom stereocenters. The molecule has 0 bridgehead atoms. The molecule has 1 aliphatic heterocycles. The minimum absolute atomic E-state index is 0.0586. The Morgan fingerprint density at radius 3 is 2.47 bits per heavy atom. The lowest BCUT2D eigenvalue weighted by Crippen LogP contribution is -2.46. The molecule has 0 aliphatic carbocycles. The van der Waals surface area contributed by atoms with Crippen molar-refractivity contribution in [3.63, 3.8) is 0 Å². The van der Waals surface area contributed by atoms with Crippen molar-refractivity contribution in [2.75, 3.05) is 30.3 Å². The minimum atomic E-state index is -3.19. The Bertz CT molecular complexity index is 1020. The number of benzene rings is 2. The first-order valence-electron chi connectivity index (χ1n) is 9.92. The van der Waals surface area contributed by atoms with Gasteiger partial charge >= 0.3 is 0 Å². The molecule has 2 aromatic rings. The summed E-state index contributed by atoms with van der Waals surface area (Å²) >= 11 is 0. The third-order valence-electron chi connectivity index (χ3n) is 5.17. The largest absolute Gasteiger partial charge is 0.482 e. The van der Waals surface area contributed by atoms with E-state index in [0.29, 0.717) is 16.2 Å². The van der Waals surface area contributed by atoms with Crippen LogP contribution in [-0.2, 0) is 14.6 Å². The van der Waals surface area contributed by atoms with Gasteiger partial charge in [0.05, 0.1) is 16.2 Å². The summed E-state index contributed by atoms with van der Waals surface area (Å²) < 4.78 is 29.3. The quantitative estimate of drug-likeness (QED) is 0.729. The number of hydrogen-bond donors (Lipinski definition) is 1. The lowest BCUT2D eigenvalue weighted by molar-refractivity contribution is -0.123. The van der Waals surface area contributed by atoms with Gasteiger partial charge in [0.15, 0.2) is 16.4 Å². The van der Waals surface area contributed by atoms with Gasteiger partial charge < -0.3 is 15.0 Å². The van der Waals surface area contributed by atoms with E-state index in [9.17, 15) is 13.2 Å². The third-order valence-corrected chi connectivity index (χ3v) is 6.92. The highest BCUT2D eigenvalue weighted by molar-refractivity contribution is 7.91. The Balaban J connectivity index is 1.47. The van der Waals surface area contributed by atoms with Crippen LogP contribution in [0.5, 0.6) is 5.75 Å². The molecule has 2 aromatic carbocycles. The van der Waals surface area contributed by atoms with Gasteiger partial charge in [-0.05, 0) is 49.2 Å². The van der Waals surface area contributed by atoms with Crippen molar-refractivity contribution in [3.8, 4) is 11.8 Å². The second-order valence-corrected chi connectivity index (χ2v) is 9.40. The molecule has 3 rings (SSSR count). The average molecular weight is 428 g/mol. The Kier molecular flexibility index (Phi) is 6.95. The Morgan fingerprint density at radius 1 is 1.17 bits per heavy atom. The van der Waals surface area contributed by atoms with Crippen LogP contribution in [0.15, 0.2) is 53.4 Å². The van der Waals surface area contributed by atoms with Gasteiger partial charge in [-0.25, -0.2) is 8.42 Å². The van der Waals surface area contributed by atoms with E-state index in [2.05, 4.69) is 10.2 Å².